The van der Waals surface area contributed by atoms with Crippen LogP contribution in [-0.4, -0.2) is 49.5 Å². The van der Waals surface area contributed by atoms with Crippen molar-refractivity contribution >= 4 is 16.6 Å². The van der Waals surface area contributed by atoms with Crippen molar-refractivity contribution in [3.05, 3.63) is 65.5 Å². The molecule has 6 nitrogen and oxygen atoms in total. The molecule has 0 aliphatic carbocycles. The van der Waals surface area contributed by atoms with E-state index >= 15 is 0 Å². The summed E-state index contributed by atoms with van der Waals surface area (Å²) in [5, 5.41) is 1.64. The first kappa shape index (κ1) is 22.2. The van der Waals surface area contributed by atoms with Crippen molar-refractivity contribution in [1.29, 1.82) is 0 Å². The Morgan fingerprint density at radius 1 is 1.06 bits per heavy atom. The number of hydrogen-bond donors (Lipinski definition) is 1. The summed E-state index contributed by atoms with van der Waals surface area (Å²) in [6, 6.07) is 14.4. The smallest absolute Gasteiger partial charge is 0.178 e. The Kier molecular flexibility index (Phi) is 7.02. The SMILES string of the molecule is COc1cc2c(C(=O)CN3CCC(Cc4ccccc4)CC3)cnc(CN)c2cc1OC. The van der Waals surface area contributed by atoms with Crippen LogP contribution in [0.2, 0.25) is 0 Å². The number of nitrogens with two attached hydrogens (primary N) is 1. The molecule has 1 aliphatic rings. The first-order chi connectivity index (χ1) is 15.6. The lowest BCUT2D eigenvalue weighted by Gasteiger charge is -2.31. The number of Topliss-reactive ketones (excluding diaryl/α,β-unsaturated/α-hetero) is 1. The van der Waals surface area contributed by atoms with E-state index in [-0.39, 0.29) is 12.3 Å². The van der Waals surface area contributed by atoms with E-state index in [1.54, 1.807) is 20.4 Å². The van der Waals surface area contributed by atoms with Crippen molar-refractivity contribution in [3.8, 4) is 11.5 Å². The maximum atomic E-state index is 13.3. The van der Waals surface area contributed by atoms with E-state index in [9.17, 15) is 4.79 Å². The lowest BCUT2D eigenvalue weighted by molar-refractivity contribution is 0.0897. The molecule has 0 radical (unpaired) electrons. The predicted octanol–water partition coefficient (Wildman–Crippen LogP) is 3.85. The second-order valence-electron chi connectivity index (χ2n) is 8.41. The summed E-state index contributed by atoms with van der Waals surface area (Å²) in [7, 11) is 3.19. The van der Waals surface area contributed by atoms with Crippen molar-refractivity contribution in [2.45, 2.75) is 25.8 Å². The second-order valence-corrected chi connectivity index (χ2v) is 8.41. The molecule has 0 unspecified atom stereocenters. The highest BCUT2D eigenvalue weighted by molar-refractivity contribution is 6.09. The molecule has 32 heavy (non-hydrogen) atoms. The Hall–Kier alpha value is -2.96. The number of piperidine rings is 1. The van der Waals surface area contributed by atoms with Crippen LogP contribution in [0.5, 0.6) is 11.5 Å². The summed E-state index contributed by atoms with van der Waals surface area (Å²) >= 11 is 0. The zero-order chi connectivity index (χ0) is 22.5. The van der Waals surface area contributed by atoms with Crippen molar-refractivity contribution in [1.82, 2.24) is 9.88 Å². The number of likely N-dealkylation sites (tertiary alicyclic amines) is 1. The maximum absolute atomic E-state index is 13.3. The summed E-state index contributed by atoms with van der Waals surface area (Å²) in [6.07, 6.45) is 4.98. The third-order valence-electron chi connectivity index (χ3n) is 6.41. The molecule has 2 heterocycles. The highest BCUT2D eigenvalue weighted by atomic mass is 16.5. The molecule has 2 aromatic carbocycles. The summed E-state index contributed by atoms with van der Waals surface area (Å²) < 4.78 is 10.9. The number of carbonyl (C=O) groups is 1. The minimum atomic E-state index is 0.0693. The molecule has 1 aromatic heterocycles. The van der Waals surface area contributed by atoms with E-state index in [1.165, 1.54) is 5.56 Å². The number of hydrogen-bond acceptors (Lipinski definition) is 6. The number of benzene rings is 2. The minimum absolute atomic E-state index is 0.0693. The molecule has 1 aliphatic heterocycles. The molecular formula is C26H31N3O3. The van der Waals surface area contributed by atoms with Crippen LogP contribution in [0.1, 0.15) is 34.5 Å². The van der Waals surface area contributed by atoms with Gasteiger partial charge in [0.2, 0.25) is 0 Å². The number of ether oxygens (including phenoxy) is 2. The van der Waals surface area contributed by atoms with Gasteiger partial charge >= 0.3 is 0 Å². The van der Waals surface area contributed by atoms with Crippen molar-refractivity contribution in [2.24, 2.45) is 11.7 Å². The van der Waals surface area contributed by atoms with E-state index in [0.717, 1.165) is 48.8 Å². The number of carbonyl (C=O) groups excluding carboxylic acids is 1. The lowest BCUT2D eigenvalue weighted by Crippen LogP contribution is -2.38. The van der Waals surface area contributed by atoms with Crippen LogP contribution in [0, 0.1) is 5.92 Å². The molecule has 0 spiro atoms. The number of aromatic nitrogens is 1. The van der Waals surface area contributed by atoms with Gasteiger partial charge in [-0.2, -0.15) is 0 Å². The number of rotatable bonds is 8. The zero-order valence-electron chi connectivity index (χ0n) is 18.8. The molecule has 4 rings (SSSR count). The van der Waals surface area contributed by atoms with E-state index < -0.39 is 0 Å². The summed E-state index contributed by atoms with van der Waals surface area (Å²) in [6.45, 7) is 2.56. The van der Waals surface area contributed by atoms with E-state index in [2.05, 4.69) is 40.2 Å². The van der Waals surface area contributed by atoms with Crippen LogP contribution in [0.15, 0.2) is 48.7 Å². The van der Waals surface area contributed by atoms with Crippen LogP contribution in [0.25, 0.3) is 10.8 Å². The van der Waals surface area contributed by atoms with Gasteiger partial charge in [0.25, 0.3) is 0 Å². The molecule has 168 valence electrons. The van der Waals surface area contributed by atoms with E-state index in [4.69, 9.17) is 15.2 Å². The molecule has 2 N–H and O–H groups in total. The normalized spacial score (nSPS) is 15.1. The van der Waals surface area contributed by atoms with Gasteiger partial charge in [-0.3, -0.25) is 14.7 Å². The van der Waals surface area contributed by atoms with Crippen molar-refractivity contribution in [2.75, 3.05) is 33.9 Å². The van der Waals surface area contributed by atoms with Gasteiger partial charge in [-0.05, 0) is 61.4 Å². The highest BCUT2D eigenvalue weighted by Crippen LogP contribution is 2.35. The number of nitrogens with zero attached hydrogens (tertiary/aromatic N) is 2. The molecule has 6 heteroatoms. The summed E-state index contributed by atoms with van der Waals surface area (Å²) in [5.41, 5.74) is 8.62. The van der Waals surface area contributed by atoms with Crippen LogP contribution < -0.4 is 15.2 Å². The lowest BCUT2D eigenvalue weighted by atomic mass is 9.90. The zero-order valence-corrected chi connectivity index (χ0v) is 18.8. The maximum Gasteiger partial charge on any atom is 0.178 e. The fraction of sp³-hybridized carbons (Fsp3) is 0.385. The number of pyridine rings is 1. The molecule has 0 bridgehead atoms. The highest BCUT2D eigenvalue weighted by Gasteiger charge is 2.23. The van der Waals surface area contributed by atoms with E-state index in [0.29, 0.717) is 29.5 Å². The fourth-order valence-corrected chi connectivity index (χ4v) is 4.59. The Labute approximate surface area is 189 Å². The quantitative estimate of drug-likeness (QED) is 0.544. The third-order valence-corrected chi connectivity index (χ3v) is 6.41. The monoisotopic (exact) mass is 433 g/mol. The number of fused-ring (bicyclic) bond motifs is 1. The van der Waals surface area contributed by atoms with Gasteiger partial charge in [0.05, 0.1) is 26.5 Å². The van der Waals surface area contributed by atoms with Crippen molar-refractivity contribution in [3.63, 3.8) is 0 Å². The van der Waals surface area contributed by atoms with Crippen LogP contribution >= 0.6 is 0 Å². The molecule has 0 saturated carbocycles. The van der Waals surface area contributed by atoms with Gasteiger partial charge in [-0.15, -0.1) is 0 Å². The topological polar surface area (TPSA) is 77.7 Å². The summed E-state index contributed by atoms with van der Waals surface area (Å²) in [5.74, 6) is 1.93. The number of methoxy groups -OCH3 is 2. The van der Waals surface area contributed by atoms with Gasteiger partial charge in [0.15, 0.2) is 17.3 Å². The molecule has 1 saturated heterocycles. The first-order valence-corrected chi connectivity index (χ1v) is 11.2. The second kappa shape index (κ2) is 10.1. The molecule has 0 amide bonds. The van der Waals surface area contributed by atoms with Crippen molar-refractivity contribution < 1.29 is 14.3 Å². The molecule has 3 aromatic rings. The number of ketones is 1. The van der Waals surface area contributed by atoms with Gasteiger partial charge in [0, 0.05) is 23.7 Å². The Bertz CT molecular complexity index is 1080. The summed E-state index contributed by atoms with van der Waals surface area (Å²) in [4.78, 5) is 20.0. The minimum Gasteiger partial charge on any atom is -0.493 e. The average Bonchev–Trinajstić information content (AvgIpc) is 2.84. The van der Waals surface area contributed by atoms with Gasteiger partial charge < -0.3 is 15.2 Å². The van der Waals surface area contributed by atoms with Crippen LogP contribution in [0.3, 0.4) is 0 Å². The first-order valence-electron chi connectivity index (χ1n) is 11.2. The standard InChI is InChI=1S/C26H31N3O3/c1-31-25-13-20-21(14-26(25)32-2)23(15-27)28-16-22(20)24(30)17-29-10-8-19(9-11-29)12-18-6-4-3-5-7-18/h3-7,13-14,16,19H,8-12,15,17,27H2,1-2H3. The Balaban J connectivity index is 1.48. The molecular weight excluding hydrogens is 402 g/mol. The van der Waals surface area contributed by atoms with Gasteiger partial charge in [-0.1, -0.05) is 30.3 Å². The molecule has 1 fully saturated rings. The average molecular weight is 434 g/mol. The Morgan fingerprint density at radius 3 is 2.34 bits per heavy atom. The third kappa shape index (κ3) is 4.76. The van der Waals surface area contributed by atoms with E-state index in [1.807, 2.05) is 12.1 Å². The molecule has 0 atom stereocenters. The van der Waals surface area contributed by atoms with Crippen LogP contribution in [-0.2, 0) is 13.0 Å². The Morgan fingerprint density at radius 2 is 1.72 bits per heavy atom. The van der Waals surface area contributed by atoms with Gasteiger partial charge in [0.1, 0.15) is 0 Å². The largest absolute Gasteiger partial charge is 0.493 e. The van der Waals surface area contributed by atoms with Gasteiger partial charge in [-0.25, -0.2) is 0 Å². The fourth-order valence-electron chi connectivity index (χ4n) is 4.59. The van der Waals surface area contributed by atoms with Crippen LogP contribution in [0.4, 0.5) is 0 Å². The predicted molar refractivity (Wildman–Crippen MR) is 126 cm³/mol.